The van der Waals surface area contributed by atoms with E-state index in [9.17, 15) is 9.18 Å². The number of rotatable bonds is 5. The summed E-state index contributed by atoms with van der Waals surface area (Å²) in [4.78, 5) is 16.1. The summed E-state index contributed by atoms with van der Waals surface area (Å²) in [5.74, 6) is 0.424. The zero-order valence-electron chi connectivity index (χ0n) is 10.9. The van der Waals surface area contributed by atoms with Crippen LogP contribution in [0.4, 0.5) is 4.39 Å². The summed E-state index contributed by atoms with van der Waals surface area (Å²) in [6, 6.07) is 4.25. The predicted octanol–water partition coefficient (Wildman–Crippen LogP) is 2.38. The molecule has 2 aromatic rings. The third kappa shape index (κ3) is 2.99. The van der Waals surface area contributed by atoms with Gasteiger partial charge in [0.1, 0.15) is 17.4 Å². The van der Waals surface area contributed by atoms with E-state index in [1.165, 1.54) is 19.2 Å². The number of aromatic nitrogens is 2. The van der Waals surface area contributed by atoms with Gasteiger partial charge in [-0.2, -0.15) is 0 Å². The number of imidazole rings is 1. The van der Waals surface area contributed by atoms with Crippen LogP contribution in [-0.4, -0.2) is 22.4 Å². The predicted molar refractivity (Wildman–Crippen MR) is 68.8 cm³/mol. The number of hydrogen-bond acceptors (Lipinski definition) is 3. The van der Waals surface area contributed by atoms with Crippen molar-refractivity contribution in [2.45, 2.75) is 12.8 Å². The van der Waals surface area contributed by atoms with Crippen LogP contribution in [0.15, 0.2) is 30.6 Å². The molecular formula is C14H15FN2O2. The van der Waals surface area contributed by atoms with Crippen molar-refractivity contribution >= 4 is 5.78 Å². The highest BCUT2D eigenvalue weighted by molar-refractivity contribution is 5.96. The number of ether oxygens (including phenoxy) is 1. The summed E-state index contributed by atoms with van der Waals surface area (Å²) in [6.45, 7) is 0. The number of carbonyl (C=O) groups is 1. The van der Waals surface area contributed by atoms with E-state index in [1.807, 2.05) is 17.8 Å². The van der Waals surface area contributed by atoms with Gasteiger partial charge >= 0.3 is 0 Å². The topological polar surface area (TPSA) is 44.1 Å². The fourth-order valence-corrected chi connectivity index (χ4v) is 1.85. The van der Waals surface area contributed by atoms with E-state index in [-0.39, 0.29) is 17.8 Å². The molecule has 2 rings (SSSR count). The minimum absolute atomic E-state index is 0.0926. The summed E-state index contributed by atoms with van der Waals surface area (Å²) < 4.78 is 20.5. The number of halogens is 1. The first kappa shape index (κ1) is 13.3. The standard InChI is InChI=1S/C14H15FN2O2/c1-17-8-7-16-14(17)6-5-13(18)11-4-3-10(19-2)9-12(11)15/h3-4,7-9H,5-6H2,1-2H3. The lowest BCUT2D eigenvalue weighted by atomic mass is 10.1. The molecule has 0 atom stereocenters. The van der Waals surface area contributed by atoms with Gasteiger partial charge in [-0.1, -0.05) is 0 Å². The summed E-state index contributed by atoms with van der Waals surface area (Å²) in [5, 5.41) is 0. The number of benzene rings is 1. The Bertz CT molecular complexity index is 593. The molecule has 1 aromatic heterocycles. The summed E-state index contributed by atoms with van der Waals surface area (Å²) in [5.41, 5.74) is 0.0926. The van der Waals surface area contributed by atoms with E-state index >= 15 is 0 Å². The van der Waals surface area contributed by atoms with Crippen molar-refractivity contribution in [3.05, 3.63) is 47.8 Å². The Balaban J connectivity index is 2.06. The monoisotopic (exact) mass is 262 g/mol. The van der Waals surface area contributed by atoms with Gasteiger partial charge in [-0.15, -0.1) is 0 Å². The Hall–Kier alpha value is -2.17. The smallest absolute Gasteiger partial charge is 0.166 e. The first-order valence-corrected chi connectivity index (χ1v) is 5.94. The van der Waals surface area contributed by atoms with E-state index in [0.29, 0.717) is 12.2 Å². The van der Waals surface area contributed by atoms with Gasteiger partial charge in [0.2, 0.25) is 0 Å². The SMILES string of the molecule is COc1ccc(C(=O)CCc2nccn2C)c(F)c1. The van der Waals surface area contributed by atoms with Crippen LogP contribution in [0, 0.1) is 5.82 Å². The zero-order chi connectivity index (χ0) is 13.8. The average molecular weight is 262 g/mol. The minimum atomic E-state index is -0.552. The number of ketones is 1. The molecule has 4 nitrogen and oxygen atoms in total. The van der Waals surface area contributed by atoms with Crippen LogP contribution in [0.1, 0.15) is 22.6 Å². The molecule has 1 aromatic carbocycles. The lowest BCUT2D eigenvalue weighted by Crippen LogP contribution is -2.06. The maximum Gasteiger partial charge on any atom is 0.166 e. The molecule has 0 aliphatic heterocycles. The van der Waals surface area contributed by atoms with Crippen molar-refractivity contribution in [2.75, 3.05) is 7.11 Å². The quantitative estimate of drug-likeness (QED) is 0.777. The second-order valence-corrected chi connectivity index (χ2v) is 4.22. The zero-order valence-corrected chi connectivity index (χ0v) is 10.9. The average Bonchev–Trinajstić information content (AvgIpc) is 2.81. The number of methoxy groups -OCH3 is 1. The molecule has 0 aliphatic rings. The highest BCUT2D eigenvalue weighted by atomic mass is 19.1. The Morgan fingerprint density at radius 2 is 2.26 bits per heavy atom. The third-order valence-corrected chi connectivity index (χ3v) is 2.97. The molecule has 0 spiro atoms. The van der Waals surface area contributed by atoms with Crippen LogP contribution in [0.25, 0.3) is 0 Å². The van der Waals surface area contributed by atoms with Crippen molar-refractivity contribution in [1.29, 1.82) is 0 Å². The number of aryl methyl sites for hydroxylation is 2. The molecule has 19 heavy (non-hydrogen) atoms. The van der Waals surface area contributed by atoms with Crippen LogP contribution in [0.2, 0.25) is 0 Å². The molecule has 0 fully saturated rings. The Morgan fingerprint density at radius 3 is 2.84 bits per heavy atom. The maximum atomic E-state index is 13.7. The number of nitrogens with zero attached hydrogens (tertiary/aromatic N) is 2. The van der Waals surface area contributed by atoms with Gasteiger partial charge in [0.05, 0.1) is 12.7 Å². The van der Waals surface area contributed by atoms with E-state index in [4.69, 9.17) is 4.74 Å². The molecule has 0 amide bonds. The van der Waals surface area contributed by atoms with E-state index < -0.39 is 5.82 Å². The maximum absolute atomic E-state index is 13.7. The van der Waals surface area contributed by atoms with Gasteiger partial charge in [0, 0.05) is 38.3 Å². The van der Waals surface area contributed by atoms with Crippen molar-refractivity contribution < 1.29 is 13.9 Å². The van der Waals surface area contributed by atoms with E-state index in [2.05, 4.69) is 4.98 Å². The van der Waals surface area contributed by atoms with E-state index in [0.717, 1.165) is 5.82 Å². The molecule has 0 radical (unpaired) electrons. The highest BCUT2D eigenvalue weighted by Crippen LogP contribution is 2.18. The summed E-state index contributed by atoms with van der Waals surface area (Å²) in [7, 11) is 3.32. The molecule has 0 unspecified atom stereocenters. The lowest BCUT2D eigenvalue weighted by molar-refractivity contribution is 0.0978. The van der Waals surface area contributed by atoms with Crippen LogP contribution in [0.5, 0.6) is 5.75 Å². The fourth-order valence-electron chi connectivity index (χ4n) is 1.85. The van der Waals surface area contributed by atoms with Crippen LogP contribution < -0.4 is 4.74 Å². The van der Waals surface area contributed by atoms with Crippen molar-refractivity contribution in [3.8, 4) is 5.75 Å². The van der Waals surface area contributed by atoms with Crippen molar-refractivity contribution in [3.63, 3.8) is 0 Å². The van der Waals surface area contributed by atoms with E-state index in [1.54, 1.807) is 12.3 Å². The third-order valence-electron chi connectivity index (χ3n) is 2.97. The van der Waals surface area contributed by atoms with Gasteiger partial charge in [0.15, 0.2) is 5.78 Å². The molecule has 0 N–H and O–H groups in total. The lowest BCUT2D eigenvalue weighted by Gasteiger charge is -2.05. The molecule has 1 heterocycles. The van der Waals surface area contributed by atoms with Gasteiger partial charge in [0.25, 0.3) is 0 Å². The normalized spacial score (nSPS) is 10.5. The summed E-state index contributed by atoms with van der Waals surface area (Å²) >= 11 is 0. The molecular weight excluding hydrogens is 247 g/mol. The molecule has 100 valence electrons. The van der Waals surface area contributed by atoms with Gasteiger partial charge < -0.3 is 9.30 Å². The molecule has 0 saturated carbocycles. The number of Topliss-reactive ketones (excluding diaryl/α,β-unsaturated/α-hetero) is 1. The Kier molecular flexibility index (Phi) is 3.94. The molecule has 0 saturated heterocycles. The highest BCUT2D eigenvalue weighted by Gasteiger charge is 2.13. The fraction of sp³-hybridized carbons (Fsp3) is 0.286. The van der Waals surface area contributed by atoms with Crippen LogP contribution in [0.3, 0.4) is 0 Å². The number of carbonyl (C=O) groups excluding carboxylic acids is 1. The Morgan fingerprint density at radius 1 is 1.47 bits per heavy atom. The second kappa shape index (κ2) is 5.65. The molecule has 0 bridgehead atoms. The van der Waals surface area contributed by atoms with Gasteiger partial charge in [-0.05, 0) is 12.1 Å². The number of hydrogen-bond donors (Lipinski definition) is 0. The van der Waals surface area contributed by atoms with Gasteiger partial charge in [-0.25, -0.2) is 9.37 Å². The minimum Gasteiger partial charge on any atom is -0.497 e. The van der Waals surface area contributed by atoms with Gasteiger partial charge in [-0.3, -0.25) is 4.79 Å². The molecule has 5 heteroatoms. The Labute approximate surface area is 110 Å². The summed E-state index contributed by atoms with van der Waals surface area (Å²) in [6.07, 6.45) is 4.21. The van der Waals surface area contributed by atoms with Crippen molar-refractivity contribution in [2.24, 2.45) is 7.05 Å². The van der Waals surface area contributed by atoms with Crippen LogP contribution in [-0.2, 0) is 13.5 Å². The first-order chi connectivity index (χ1) is 9.11. The largest absolute Gasteiger partial charge is 0.497 e. The van der Waals surface area contributed by atoms with Crippen LogP contribution >= 0.6 is 0 Å². The second-order valence-electron chi connectivity index (χ2n) is 4.22. The van der Waals surface area contributed by atoms with Crippen molar-refractivity contribution in [1.82, 2.24) is 9.55 Å². The first-order valence-electron chi connectivity index (χ1n) is 5.94. The molecule has 0 aliphatic carbocycles.